The summed E-state index contributed by atoms with van der Waals surface area (Å²) >= 11 is 1.53. The molecule has 0 bridgehead atoms. The lowest BCUT2D eigenvalue weighted by Crippen LogP contribution is -2.38. The fourth-order valence-electron chi connectivity index (χ4n) is 4.19. The maximum absolute atomic E-state index is 14.2. The van der Waals surface area contributed by atoms with E-state index in [2.05, 4.69) is 10.2 Å². The molecule has 0 radical (unpaired) electrons. The fourth-order valence-corrected chi connectivity index (χ4v) is 5.22. The molecule has 0 atom stereocenters. The Morgan fingerprint density at radius 2 is 1.87 bits per heavy atom. The summed E-state index contributed by atoms with van der Waals surface area (Å²) in [6.45, 7) is 1.32. The number of thiophene rings is 1. The van der Waals surface area contributed by atoms with Crippen LogP contribution in [0.15, 0.2) is 59.4 Å². The average molecular weight is 437 g/mol. The van der Waals surface area contributed by atoms with E-state index in [4.69, 9.17) is 0 Å². The van der Waals surface area contributed by atoms with E-state index in [-0.39, 0.29) is 17.5 Å². The number of para-hydroxylation sites is 1. The van der Waals surface area contributed by atoms with Gasteiger partial charge in [-0.05, 0) is 48.4 Å². The quantitative estimate of drug-likeness (QED) is 0.526. The lowest BCUT2D eigenvalue weighted by Gasteiger charge is -2.31. The van der Waals surface area contributed by atoms with E-state index in [0.717, 1.165) is 27.8 Å². The summed E-state index contributed by atoms with van der Waals surface area (Å²) < 4.78 is 16.7. The van der Waals surface area contributed by atoms with Crippen molar-refractivity contribution in [3.63, 3.8) is 0 Å². The van der Waals surface area contributed by atoms with Crippen LogP contribution < -0.4 is 5.69 Å². The second-order valence-corrected chi connectivity index (χ2v) is 8.90. The highest BCUT2D eigenvalue weighted by Crippen LogP contribution is 2.28. The third-order valence-electron chi connectivity index (χ3n) is 5.84. The van der Waals surface area contributed by atoms with Gasteiger partial charge in [0.05, 0.1) is 10.6 Å². The number of rotatable bonds is 4. The van der Waals surface area contributed by atoms with Crippen molar-refractivity contribution in [1.82, 2.24) is 19.7 Å². The second kappa shape index (κ2) is 8.11. The number of likely N-dealkylation sites (tertiary alicyclic amines) is 1. The van der Waals surface area contributed by atoms with Crippen LogP contribution in [0.4, 0.5) is 4.39 Å². The van der Waals surface area contributed by atoms with Crippen LogP contribution in [0.25, 0.3) is 15.8 Å². The zero-order chi connectivity index (χ0) is 21.4. The van der Waals surface area contributed by atoms with Crippen LogP contribution in [0.5, 0.6) is 0 Å². The molecule has 6 nitrogen and oxygen atoms in total. The SMILES string of the molecule is O=C(c1cc2ccccc2s1)N1CCC(Cc2n[nH]c(=O)n2-c2ccccc2F)CC1. The monoisotopic (exact) mass is 436 g/mol. The van der Waals surface area contributed by atoms with Gasteiger partial charge >= 0.3 is 5.69 Å². The molecule has 1 aliphatic heterocycles. The molecule has 158 valence electrons. The van der Waals surface area contributed by atoms with Gasteiger partial charge in [0, 0.05) is 24.2 Å². The molecule has 1 fully saturated rings. The number of piperidine rings is 1. The molecule has 4 aromatic rings. The fraction of sp³-hybridized carbons (Fsp3) is 0.261. The Kier molecular flexibility index (Phi) is 5.15. The first-order valence-corrected chi connectivity index (χ1v) is 11.1. The first-order chi connectivity index (χ1) is 15.1. The van der Waals surface area contributed by atoms with Crippen LogP contribution in [0, 0.1) is 11.7 Å². The molecule has 0 spiro atoms. The molecule has 1 aliphatic rings. The van der Waals surface area contributed by atoms with E-state index in [1.54, 1.807) is 18.2 Å². The summed E-state index contributed by atoms with van der Waals surface area (Å²) in [4.78, 5) is 27.8. The Morgan fingerprint density at radius 3 is 2.65 bits per heavy atom. The van der Waals surface area contributed by atoms with Crippen molar-refractivity contribution in [2.45, 2.75) is 19.3 Å². The molecular formula is C23H21FN4O2S. The third kappa shape index (κ3) is 3.79. The third-order valence-corrected chi connectivity index (χ3v) is 6.95. The molecule has 5 rings (SSSR count). The number of carbonyl (C=O) groups is 1. The lowest BCUT2D eigenvalue weighted by molar-refractivity contribution is 0.0694. The van der Waals surface area contributed by atoms with Crippen LogP contribution in [0.1, 0.15) is 28.3 Å². The minimum atomic E-state index is -0.462. The molecular weight excluding hydrogens is 415 g/mol. The molecule has 2 aromatic carbocycles. The number of hydrogen-bond donors (Lipinski definition) is 1. The molecule has 0 unspecified atom stereocenters. The highest BCUT2D eigenvalue weighted by Gasteiger charge is 2.26. The molecule has 1 saturated heterocycles. The van der Waals surface area contributed by atoms with Crippen LogP contribution >= 0.6 is 11.3 Å². The van der Waals surface area contributed by atoms with Crippen molar-refractivity contribution < 1.29 is 9.18 Å². The van der Waals surface area contributed by atoms with Crippen LogP contribution in [-0.2, 0) is 6.42 Å². The number of nitrogens with zero attached hydrogens (tertiary/aromatic N) is 3. The molecule has 3 heterocycles. The summed E-state index contributed by atoms with van der Waals surface area (Å²) in [7, 11) is 0. The molecule has 1 N–H and O–H groups in total. The van der Waals surface area contributed by atoms with Crippen molar-refractivity contribution in [2.75, 3.05) is 13.1 Å². The number of fused-ring (bicyclic) bond motifs is 1. The van der Waals surface area contributed by atoms with Gasteiger partial charge in [-0.15, -0.1) is 11.3 Å². The number of hydrogen-bond acceptors (Lipinski definition) is 4. The number of carbonyl (C=O) groups excluding carboxylic acids is 1. The average Bonchev–Trinajstić information content (AvgIpc) is 3.38. The molecule has 0 aliphatic carbocycles. The molecule has 8 heteroatoms. The van der Waals surface area contributed by atoms with E-state index in [0.29, 0.717) is 25.3 Å². The van der Waals surface area contributed by atoms with Gasteiger partial charge in [0.1, 0.15) is 11.6 Å². The van der Waals surface area contributed by atoms with E-state index in [1.165, 1.54) is 22.0 Å². The Morgan fingerprint density at radius 1 is 1.13 bits per heavy atom. The van der Waals surface area contributed by atoms with Gasteiger partial charge < -0.3 is 4.90 Å². The summed E-state index contributed by atoms with van der Waals surface area (Å²) in [5.41, 5.74) is -0.244. The van der Waals surface area contributed by atoms with Crippen molar-refractivity contribution in [1.29, 1.82) is 0 Å². The standard InChI is InChI=1S/C23H21FN4O2S/c24-17-6-2-3-7-18(17)28-21(25-26-23(28)30)13-15-9-11-27(12-10-15)22(29)20-14-16-5-1-4-8-19(16)31-20/h1-8,14-15H,9-13H2,(H,26,30). The topological polar surface area (TPSA) is 71.0 Å². The largest absolute Gasteiger partial charge is 0.348 e. The van der Waals surface area contributed by atoms with Gasteiger partial charge in [0.25, 0.3) is 5.91 Å². The van der Waals surface area contributed by atoms with E-state index in [9.17, 15) is 14.0 Å². The number of nitrogens with one attached hydrogen (secondary N) is 1. The molecule has 31 heavy (non-hydrogen) atoms. The number of benzene rings is 2. The highest BCUT2D eigenvalue weighted by atomic mass is 32.1. The van der Waals surface area contributed by atoms with Crippen LogP contribution in [0.3, 0.4) is 0 Å². The first-order valence-electron chi connectivity index (χ1n) is 10.3. The molecule has 0 saturated carbocycles. The summed E-state index contributed by atoms with van der Waals surface area (Å²) in [6.07, 6.45) is 2.18. The van der Waals surface area contributed by atoms with Crippen molar-refractivity contribution in [3.8, 4) is 5.69 Å². The van der Waals surface area contributed by atoms with Crippen molar-refractivity contribution in [3.05, 3.63) is 81.6 Å². The number of amides is 1. The Balaban J connectivity index is 1.27. The summed E-state index contributed by atoms with van der Waals surface area (Å²) in [6, 6.07) is 16.2. The lowest BCUT2D eigenvalue weighted by atomic mass is 9.93. The van der Waals surface area contributed by atoms with Crippen LogP contribution in [-0.4, -0.2) is 38.7 Å². The molecule has 2 aromatic heterocycles. The number of H-pyrrole nitrogens is 1. The number of aromatic nitrogens is 3. The number of aromatic amines is 1. The first kappa shape index (κ1) is 19.7. The maximum Gasteiger partial charge on any atom is 0.348 e. The summed E-state index contributed by atoms with van der Waals surface area (Å²) in [5, 5.41) is 7.67. The predicted molar refractivity (Wildman–Crippen MR) is 118 cm³/mol. The normalized spacial score (nSPS) is 14.9. The van der Waals surface area contributed by atoms with Crippen molar-refractivity contribution >= 4 is 27.3 Å². The van der Waals surface area contributed by atoms with Gasteiger partial charge in [-0.2, -0.15) is 5.10 Å². The van der Waals surface area contributed by atoms with Gasteiger partial charge in [0.2, 0.25) is 0 Å². The Labute approximate surface area is 181 Å². The number of halogens is 1. The Bertz CT molecular complexity index is 1270. The van der Waals surface area contributed by atoms with Gasteiger partial charge in [0.15, 0.2) is 0 Å². The molecule has 1 amide bonds. The highest BCUT2D eigenvalue weighted by molar-refractivity contribution is 7.20. The summed E-state index contributed by atoms with van der Waals surface area (Å²) in [5.74, 6) is 0.398. The maximum atomic E-state index is 14.2. The predicted octanol–water partition coefficient (Wildman–Crippen LogP) is 4.01. The smallest absolute Gasteiger partial charge is 0.338 e. The zero-order valence-electron chi connectivity index (χ0n) is 16.8. The van der Waals surface area contributed by atoms with Crippen molar-refractivity contribution in [2.24, 2.45) is 5.92 Å². The Hall–Kier alpha value is -3.26. The van der Waals surface area contributed by atoms with E-state index in [1.807, 2.05) is 35.2 Å². The second-order valence-electron chi connectivity index (χ2n) is 7.82. The minimum absolute atomic E-state index is 0.0719. The van der Waals surface area contributed by atoms with Gasteiger partial charge in [-0.25, -0.2) is 18.9 Å². The van der Waals surface area contributed by atoms with E-state index >= 15 is 0 Å². The van der Waals surface area contributed by atoms with Crippen LogP contribution in [0.2, 0.25) is 0 Å². The van der Waals surface area contributed by atoms with Gasteiger partial charge in [-0.3, -0.25) is 4.79 Å². The van der Waals surface area contributed by atoms with E-state index < -0.39 is 11.5 Å². The zero-order valence-corrected chi connectivity index (χ0v) is 17.6. The van der Waals surface area contributed by atoms with Gasteiger partial charge in [-0.1, -0.05) is 30.3 Å². The minimum Gasteiger partial charge on any atom is -0.338 e.